The zero-order valence-corrected chi connectivity index (χ0v) is 16.3. The van der Waals surface area contributed by atoms with Gasteiger partial charge in [0.25, 0.3) is 5.56 Å². The summed E-state index contributed by atoms with van der Waals surface area (Å²) in [5.74, 6) is 0.846. The normalized spacial score (nSPS) is 11.4. The number of hydrogen-bond acceptors (Lipinski definition) is 5. The molecule has 0 spiro atoms. The number of rotatable bonds is 5. The number of hydrogen-bond donors (Lipinski definition) is 1. The summed E-state index contributed by atoms with van der Waals surface area (Å²) in [6.07, 6.45) is 6.62. The van der Waals surface area contributed by atoms with Crippen LogP contribution in [0.15, 0.2) is 59.0 Å². The molecule has 4 aromatic heterocycles. The molecule has 0 amide bonds. The third-order valence-electron chi connectivity index (χ3n) is 5.02. The molecule has 8 heteroatoms. The molecule has 0 aliphatic carbocycles. The number of aromatic amines is 1. The van der Waals surface area contributed by atoms with Gasteiger partial charge in [-0.05, 0) is 31.2 Å². The average molecular weight is 398 g/mol. The van der Waals surface area contributed by atoms with Crippen molar-refractivity contribution in [2.24, 2.45) is 0 Å². The molecule has 0 bridgehead atoms. The van der Waals surface area contributed by atoms with E-state index in [2.05, 4.69) is 28.3 Å². The molecule has 0 aliphatic heterocycles. The van der Waals surface area contributed by atoms with Crippen LogP contribution in [0.2, 0.25) is 0 Å². The maximum atomic E-state index is 12.7. The molecule has 8 nitrogen and oxygen atoms in total. The Kier molecular flexibility index (Phi) is 3.99. The van der Waals surface area contributed by atoms with Gasteiger partial charge in [0.1, 0.15) is 5.69 Å². The first-order valence-corrected chi connectivity index (χ1v) is 9.46. The van der Waals surface area contributed by atoms with Gasteiger partial charge in [-0.3, -0.25) is 14.6 Å². The van der Waals surface area contributed by atoms with Crippen LogP contribution in [0, 0.1) is 0 Å². The lowest BCUT2D eigenvalue weighted by Gasteiger charge is -2.04. The van der Waals surface area contributed by atoms with Crippen molar-refractivity contribution in [1.82, 2.24) is 29.4 Å². The molecule has 0 fully saturated rings. The van der Waals surface area contributed by atoms with Crippen LogP contribution in [-0.2, 0) is 6.54 Å². The minimum absolute atomic E-state index is 0.231. The van der Waals surface area contributed by atoms with Crippen LogP contribution in [-0.4, -0.2) is 29.4 Å². The lowest BCUT2D eigenvalue weighted by Crippen LogP contribution is -2.14. The molecule has 5 aromatic rings. The Hall–Kier alpha value is -4.20. The highest BCUT2D eigenvalue weighted by Gasteiger charge is 2.18. The zero-order valence-electron chi connectivity index (χ0n) is 16.3. The summed E-state index contributed by atoms with van der Waals surface area (Å²) in [7, 11) is 0. The lowest BCUT2D eigenvalue weighted by molar-refractivity contribution is 0.565. The van der Waals surface area contributed by atoms with E-state index >= 15 is 0 Å². The second kappa shape index (κ2) is 6.70. The predicted molar refractivity (Wildman–Crippen MR) is 116 cm³/mol. The van der Waals surface area contributed by atoms with E-state index in [-0.39, 0.29) is 5.56 Å². The molecule has 148 valence electrons. The van der Waals surface area contributed by atoms with E-state index in [9.17, 15) is 4.79 Å². The fourth-order valence-electron chi connectivity index (χ4n) is 3.54. The highest BCUT2D eigenvalue weighted by molar-refractivity contribution is 5.84. The van der Waals surface area contributed by atoms with Crippen molar-refractivity contribution in [2.45, 2.75) is 13.5 Å². The van der Waals surface area contributed by atoms with Crippen LogP contribution in [0.1, 0.15) is 18.4 Å². The second-order valence-electron chi connectivity index (χ2n) is 6.74. The van der Waals surface area contributed by atoms with Gasteiger partial charge in [-0.25, -0.2) is 14.5 Å². The van der Waals surface area contributed by atoms with Crippen molar-refractivity contribution < 1.29 is 4.42 Å². The molecule has 30 heavy (non-hydrogen) atoms. The fraction of sp³-hybridized carbons (Fsp3) is 0.0909. The van der Waals surface area contributed by atoms with Crippen molar-refractivity contribution in [3.8, 4) is 22.7 Å². The molecule has 0 unspecified atom stereocenters. The van der Waals surface area contributed by atoms with Gasteiger partial charge in [-0.1, -0.05) is 19.2 Å². The first-order chi connectivity index (χ1) is 14.6. The maximum absolute atomic E-state index is 12.7. The summed E-state index contributed by atoms with van der Waals surface area (Å²) in [6, 6.07) is 7.41. The largest absolute Gasteiger partial charge is 0.436 e. The van der Waals surface area contributed by atoms with Crippen molar-refractivity contribution in [3.05, 3.63) is 71.6 Å². The standard InChI is InChI=1S/C22H18N6O2/c1-4-16-19(5-2)30-22(26-16)15-12-24-28-20(29)10-17(25-21(15)28)13-7-8-18-14(9-13)11-23-27(18)6-3/h4-5,7-12,24H,1-2,6H2,3H3. The number of aromatic nitrogens is 6. The molecule has 0 saturated carbocycles. The van der Waals surface area contributed by atoms with Gasteiger partial charge in [0.05, 0.1) is 23.0 Å². The summed E-state index contributed by atoms with van der Waals surface area (Å²) in [6.45, 7) is 10.3. The molecular weight excluding hydrogens is 380 g/mol. The second-order valence-corrected chi connectivity index (χ2v) is 6.74. The number of nitrogens with zero attached hydrogens (tertiary/aromatic N) is 5. The summed E-state index contributed by atoms with van der Waals surface area (Å²) in [4.78, 5) is 21.9. The van der Waals surface area contributed by atoms with Gasteiger partial charge >= 0.3 is 0 Å². The molecule has 5 rings (SSSR count). The average Bonchev–Trinajstić information content (AvgIpc) is 3.48. The topological polar surface area (TPSA) is 94.0 Å². The lowest BCUT2D eigenvalue weighted by atomic mass is 10.1. The van der Waals surface area contributed by atoms with Crippen molar-refractivity contribution in [3.63, 3.8) is 0 Å². The monoisotopic (exact) mass is 398 g/mol. The smallest absolute Gasteiger partial charge is 0.273 e. The van der Waals surface area contributed by atoms with Crippen molar-refractivity contribution in [2.75, 3.05) is 0 Å². The minimum atomic E-state index is -0.231. The fourth-order valence-corrected chi connectivity index (χ4v) is 3.54. The van der Waals surface area contributed by atoms with E-state index in [4.69, 9.17) is 9.40 Å². The number of H-pyrrole nitrogens is 1. The summed E-state index contributed by atoms with van der Waals surface area (Å²) in [5.41, 5.74) is 3.78. The number of fused-ring (bicyclic) bond motifs is 2. The Morgan fingerprint density at radius 2 is 2.07 bits per heavy atom. The Bertz CT molecular complexity index is 1470. The van der Waals surface area contributed by atoms with Gasteiger partial charge in [0, 0.05) is 29.8 Å². The van der Waals surface area contributed by atoms with E-state index in [0.717, 1.165) is 23.0 Å². The molecule has 1 N–H and O–H groups in total. The van der Waals surface area contributed by atoms with E-state index in [0.29, 0.717) is 34.2 Å². The predicted octanol–water partition coefficient (Wildman–Crippen LogP) is 4.00. The van der Waals surface area contributed by atoms with Crippen LogP contribution in [0.25, 0.3) is 51.4 Å². The SMILES string of the molecule is C=Cc1nc(-c2c[nH]n3c(=O)cc(-c4ccc5c(cnn5CC)c4)nc23)oc1C=C. The summed E-state index contributed by atoms with van der Waals surface area (Å²) < 4.78 is 9.06. The first kappa shape index (κ1) is 17.9. The van der Waals surface area contributed by atoms with Crippen molar-refractivity contribution >= 4 is 28.7 Å². The summed E-state index contributed by atoms with van der Waals surface area (Å²) in [5, 5.41) is 8.28. The molecule has 0 atom stereocenters. The van der Waals surface area contributed by atoms with Crippen LogP contribution in [0.4, 0.5) is 0 Å². The van der Waals surface area contributed by atoms with Gasteiger partial charge in [0.15, 0.2) is 11.4 Å². The van der Waals surface area contributed by atoms with Gasteiger partial charge in [0.2, 0.25) is 5.89 Å². The van der Waals surface area contributed by atoms with Gasteiger partial charge < -0.3 is 4.42 Å². The maximum Gasteiger partial charge on any atom is 0.273 e. The third-order valence-corrected chi connectivity index (χ3v) is 5.02. The van der Waals surface area contributed by atoms with Gasteiger partial charge in [-0.2, -0.15) is 5.10 Å². The van der Waals surface area contributed by atoms with E-state index in [1.54, 1.807) is 18.3 Å². The van der Waals surface area contributed by atoms with Gasteiger partial charge in [-0.15, -0.1) is 0 Å². The number of benzene rings is 1. The number of aryl methyl sites for hydroxylation is 1. The first-order valence-electron chi connectivity index (χ1n) is 9.46. The number of oxazole rings is 1. The molecular formula is C22H18N6O2. The Morgan fingerprint density at radius 3 is 2.80 bits per heavy atom. The minimum Gasteiger partial charge on any atom is -0.436 e. The van der Waals surface area contributed by atoms with E-state index < -0.39 is 0 Å². The summed E-state index contributed by atoms with van der Waals surface area (Å²) >= 11 is 0. The molecule has 0 radical (unpaired) electrons. The van der Waals surface area contributed by atoms with Crippen LogP contribution >= 0.6 is 0 Å². The third kappa shape index (κ3) is 2.61. The van der Waals surface area contributed by atoms with Crippen LogP contribution < -0.4 is 5.56 Å². The zero-order chi connectivity index (χ0) is 20.8. The highest BCUT2D eigenvalue weighted by Crippen LogP contribution is 2.28. The van der Waals surface area contributed by atoms with Crippen molar-refractivity contribution in [1.29, 1.82) is 0 Å². The molecule has 0 saturated heterocycles. The molecule has 4 heterocycles. The number of nitrogens with one attached hydrogen (secondary N) is 1. The van der Waals surface area contributed by atoms with E-state index in [1.165, 1.54) is 10.6 Å². The Balaban J connectivity index is 1.69. The quantitative estimate of drug-likeness (QED) is 0.483. The Morgan fingerprint density at radius 1 is 1.20 bits per heavy atom. The van der Waals surface area contributed by atoms with E-state index in [1.807, 2.05) is 36.0 Å². The Labute approximate surface area is 170 Å². The van der Waals surface area contributed by atoms with Crippen LogP contribution in [0.5, 0.6) is 0 Å². The van der Waals surface area contributed by atoms with Crippen LogP contribution in [0.3, 0.4) is 0 Å². The highest BCUT2D eigenvalue weighted by atomic mass is 16.4. The molecule has 0 aliphatic rings. The molecule has 1 aromatic carbocycles.